The molecule has 1 amide bonds. The van der Waals surface area contributed by atoms with E-state index in [0.717, 1.165) is 21.6 Å². The topological polar surface area (TPSA) is 68.0 Å². The third kappa shape index (κ3) is 4.27. The monoisotopic (exact) mass is 410 g/mol. The summed E-state index contributed by atoms with van der Waals surface area (Å²) in [5.74, 6) is 0.162. The standard InChI is InChI=1S/C21H19FN4O2S/c1-13(2)24-21-26(23-10-14-3-6-16(22)7-4-14)18(12-29-21)15-5-8-19-17(9-15)25-20(27)11-28-19/h3-10,12-13H,11H2,1-2H3,(H,25,27). The van der Waals surface area contributed by atoms with Gasteiger partial charge in [0.05, 0.1) is 17.6 Å². The summed E-state index contributed by atoms with van der Waals surface area (Å²) >= 11 is 1.48. The van der Waals surface area contributed by atoms with E-state index < -0.39 is 0 Å². The van der Waals surface area contributed by atoms with Crippen molar-refractivity contribution < 1.29 is 13.9 Å². The van der Waals surface area contributed by atoms with E-state index in [1.54, 1.807) is 23.0 Å². The van der Waals surface area contributed by atoms with Crippen molar-refractivity contribution in [2.45, 2.75) is 19.9 Å². The van der Waals surface area contributed by atoms with E-state index in [1.165, 1.54) is 23.5 Å². The van der Waals surface area contributed by atoms with Gasteiger partial charge in [0.25, 0.3) is 5.91 Å². The largest absolute Gasteiger partial charge is 0.482 e. The molecular weight excluding hydrogens is 391 g/mol. The number of aromatic nitrogens is 1. The number of halogens is 1. The Balaban J connectivity index is 1.78. The fraction of sp³-hybridized carbons (Fsp3) is 0.190. The molecule has 0 spiro atoms. The van der Waals surface area contributed by atoms with Crippen LogP contribution in [0.3, 0.4) is 0 Å². The molecule has 29 heavy (non-hydrogen) atoms. The molecule has 0 saturated carbocycles. The number of amides is 1. The van der Waals surface area contributed by atoms with Crippen LogP contribution in [0, 0.1) is 5.82 Å². The van der Waals surface area contributed by atoms with Crippen molar-refractivity contribution in [2.24, 2.45) is 10.1 Å². The zero-order chi connectivity index (χ0) is 20.4. The Morgan fingerprint density at radius 1 is 1.24 bits per heavy atom. The SMILES string of the molecule is CC(C)N=c1scc(-c2ccc3c(c2)NC(=O)CO3)n1N=Cc1ccc(F)cc1. The summed E-state index contributed by atoms with van der Waals surface area (Å²) in [4.78, 5) is 17.0. The molecule has 0 bridgehead atoms. The Morgan fingerprint density at radius 3 is 2.79 bits per heavy atom. The second-order valence-electron chi connectivity index (χ2n) is 6.78. The van der Waals surface area contributed by atoms with Crippen LogP contribution in [0.4, 0.5) is 10.1 Å². The molecule has 2 heterocycles. The molecule has 1 aliphatic heterocycles. The van der Waals surface area contributed by atoms with E-state index in [4.69, 9.17) is 4.74 Å². The number of nitrogens with zero attached hydrogens (tertiary/aromatic N) is 3. The number of thiazole rings is 1. The van der Waals surface area contributed by atoms with Gasteiger partial charge in [-0.3, -0.25) is 9.79 Å². The Morgan fingerprint density at radius 2 is 2.03 bits per heavy atom. The van der Waals surface area contributed by atoms with Crippen molar-refractivity contribution in [3.8, 4) is 17.0 Å². The number of carbonyl (C=O) groups excluding carboxylic acids is 1. The van der Waals surface area contributed by atoms with Gasteiger partial charge < -0.3 is 10.1 Å². The summed E-state index contributed by atoms with van der Waals surface area (Å²) in [6.07, 6.45) is 1.66. The van der Waals surface area contributed by atoms with E-state index in [0.29, 0.717) is 11.4 Å². The van der Waals surface area contributed by atoms with E-state index in [2.05, 4.69) is 15.4 Å². The van der Waals surface area contributed by atoms with Crippen molar-refractivity contribution in [1.82, 2.24) is 4.68 Å². The third-order valence-corrected chi connectivity index (χ3v) is 4.98. The van der Waals surface area contributed by atoms with Gasteiger partial charge in [-0.2, -0.15) is 5.10 Å². The van der Waals surface area contributed by atoms with E-state index in [9.17, 15) is 9.18 Å². The smallest absolute Gasteiger partial charge is 0.262 e. The maximum atomic E-state index is 13.2. The molecule has 148 valence electrons. The van der Waals surface area contributed by atoms with Gasteiger partial charge in [-0.1, -0.05) is 12.1 Å². The summed E-state index contributed by atoms with van der Waals surface area (Å²) in [5.41, 5.74) is 3.10. The molecule has 1 N–H and O–H groups in total. The molecule has 0 radical (unpaired) electrons. The first-order chi connectivity index (χ1) is 14.0. The molecule has 6 nitrogen and oxygen atoms in total. The number of fused-ring (bicyclic) bond motifs is 1. The maximum Gasteiger partial charge on any atom is 0.262 e. The minimum atomic E-state index is -0.292. The van der Waals surface area contributed by atoms with Gasteiger partial charge in [0.15, 0.2) is 6.61 Å². The molecule has 0 unspecified atom stereocenters. The number of ether oxygens (including phenoxy) is 1. The molecular formula is C21H19FN4O2S. The highest BCUT2D eigenvalue weighted by Gasteiger charge is 2.17. The van der Waals surface area contributed by atoms with E-state index >= 15 is 0 Å². The van der Waals surface area contributed by atoms with Gasteiger partial charge in [-0.25, -0.2) is 9.07 Å². The average Bonchev–Trinajstić information content (AvgIpc) is 3.08. The molecule has 0 saturated heterocycles. The zero-order valence-electron chi connectivity index (χ0n) is 15.9. The molecule has 1 aliphatic rings. The van der Waals surface area contributed by atoms with Gasteiger partial charge in [0.2, 0.25) is 4.80 Å². The molecule has 0 aliphatic carbocycles. The average molecular weight is 410 g/mol. The number of carbonyl (C=O) groups is 1. The van der Waals surface area contributed by atoms with Crippen LogP contribution in [0.15, 0.2) is 57.9 Å². The van der Waals surface area contributed by atoms with Crippen molar-refractivity contribution >= 4 is 29.1 Å². The highest BCUT2D eigenvalue weighted by molar-refractivity contribution is 7.07. The van der Waals surface area contributed by atoms with Gasteiger partial charge in [0.1, 0.15) is 11.6 Å². The van der Waals surface area contributed by atoms with Crippen LogP contribution in [-0.4, -0.2) is 29.4 Å². The zero-order valence-corrected chi connectivity index (χ0v) is 16.7. The Bertz CT molecular complexity index is 1150. The molecule has 3 aromatic rings. The predicted molar refractivity (Wildman–Crippen MR) is 112 cm³/mol. The summed E-state index contributed by atoms with van der Waals surface area (Å²) in [7, 11) is 0. The summed E-state index contributed by atoms with van der Waals surface area (Å²) in [6, 6.07) is 11.8. The third-order valence-electron chi connectivity index (χ3n) is 4.15. The Hall–Kier alpha value is -3.26. The highest BCUT2D eigenvalue weighted by Crippen LogP contribution is 2.32. The minimum absolute atomic E-state index is 0.0180. The highest BCUT2D eigenvalue weighted by atomic mass is 32.1. The molecule has 0 fully saturated rings. The number of benzene rings is 2. The number of hydrogen-bond donors (Lipinski definition) is 1. The van der Waals surface area contributed by atoms with Crippen LogP contribution in [0.1, 0.15) is 19.4 Å². The molecule has 4 rings (SSSR count). The van der Waals surface area contributed by atoms with Crippen molar-refractivity contribution in [3.63, 3.8) is 0 Å². The van der Waals surface area contributed by atoms with Crippen LogP contribution in [0.2, 0.25) is 0 Å². The Kier molecular flexibility index (Phi) is 5.26. The van der Waals surface area contributed by atoms with E-state index in [-0.39, 0.29) is 24.4 Å². The van der Waals surface area contributed by atoms with Crippen LogP contribution >= 0.6 is 11.3 Å². The minimum Gasteiger partial charge on any atom is -0.482 e. The molecule has 2 aromatic carbocycles. The van der Waals surface area contributed by atoms with Crippen molar-refractivity contribution in [3.05, 3.63) is 64.0 Å². The van der Waals surface area contributed by atoms with Crippen LogP contribution < -0.4 is 14.9 Å². The van der Waals surface area contributed by atoms with Crippen molar-refractivity contribution in [1.29, 1.82) is 0 Å². The lowest BCUT2D eigenvalue weighted by molar-refractivity contribution is -0.118. The predicted octanol–water partition coefficient (Wildman–Crippen LogP) is 3.88. The van der Waals surface area contributed by atoms with Crippen molar-refractivity contribution in [2.75, 3.05) is 11.9 Å². The second kappa shape index (κ2) is 8.00. The number of anilines is 1. The van der Waals surface area contributed by atoms with Gasteiger partial charge in [-0.15, -0.1) is 11.3 Å². The Labute approximate surface area is 171 Å². The fourth-order valence-corrected chi connectivity index (χ4v) is 3.80. The number of nitrogens with one attached hydrogen (secondary N) is 1. The normalized spacial score (nSPS) is 14.2. The van der Waals surface area contributed by atoms with E-state index in [1.807, 2.05) is 37.4 Å². The second-order valence-corrected chi connectivity index (χ2v) is 7.62. The lowest BCUT2D eigenvalue weighted by atomic mass is 10.1. The van der Waals surface area contributed by atoms with Gasteiger partial charge in [-0.05, 0) is 49.7 Å². The first-order valence-corrected chi connectivity index (χ1v) is 9.99. The number of hydrogen-bond acceptors (Lipinski definition) is 5. The quantitative estimate of drug-likeness (QED) is 0.664. The van der Waals surface area contributed by atoms with Crippen LogP contribution in [0.25, 0.3) is 11.3 Å². The molecule has 8 heteroatoms. The summed E-state index contributed by atoms with van der Waals surface area (Å²) in [6.45, 7) is 4.02. The lowest BCUT2D eigenvalue weighted by Crippen LogP contribution is -2.25. The molecule has 1 aromatic heterocycles. The van der Waals surface area contributed by atoms with Gasteiger partial charge >= 0.3 is 0 Å². The maximum absolute atomic E-state index is 13.2. The first-order valence-electron chi connectivity index (χ1n) is 9.11. The van der Waals surface area contributed by atoms with Gasteiger partial charge in [0, 0.05) is 17.0 Å². The number of rotatable bonds is 4. The molecule has 0 atom stereocenters. The van der Waals surface area contributed by atoms with Crippen LogP contribution in [-0.2, 0) is 4.79 Å². The lowest BCUT2D eigenvalue weighted by Gasteiger charge is -2.18. The summed E-state index contributed by atoms with van der Waals surface area (Å²) in [5, 5.41) is 9.38. The van der Waals surface area contributed by atoms with Crippen LogP contribution in [0.5, 0.6) is 5.75 Å². The fourth-order valence-electron chi connectivity index (χ4n) is 2.84. The summed E-state index contributed by atoms with van der Waals surface area (Å²) < 4.78 is 20.3. The first kappa shape index (κ1) is 19.1.